The minimum absolute atomic E-state index is 0.113. The van der Waals surface area contributed by atoms with Crippen LogP contribution in [0.1, 0.15) is 12.5 Å². The first kappa shape index (κ1) is 17.5. The summed E-state index contributed by atoms with van der Waals surface area (Å²) in [4.78, 5) is 12.2. The summed E-state index contributed by atoms with van der Waals surface area (Å²) in [6.45, 7) is 1.96. The molecule has 0 bridgehead atoms. The van der Waals surface area contributed by atoms with Crippen LogP contribution in [0.25, 0.3) is 5.69 Å². The largest absolute Gasteiger partial charge is 0.497 e. The maximum Gasteiger partial charge on any atom is 0.262 e. The van der Waals surface area contributed by atoms with Crippen molar-refractivity contribution in [3.05, 3.63) is 60.7 Å². The van der Waals surface area contributed by atoms with Crippen molar-refractivity contribution in [2.24, 2.45) is 0 Å². The standard InChI is InChI=1S/C19H20N4O3/c1-3-14-7-8-18(17(9-14)23-12-20-21-13-23)26-11-19(24)22-15-5-4-6-16(10-15)25-2/h4-10,12-13H,3,11H2,1-2H3,(H,22,24). The topological polar surface area (TPSA) is 78.3 Å². The van der Waals surface area contributed by atoms with E-state index in [9.17, 15) is 4.79 Å². The van der Waals surface area contributed by atoms with Crippen molar-refractivity contribution in [1.29, 1.82) is 0 Å². The van der Waals surface area contributed by atoms with Gasteiger partial charge in [0.1, 0.15) is 24.2 Å². The molecule has 1 aromatic heterocycles. The van der Waals surface area contributed by atoms with E-state index in [1.54, 1.807) is 36.5 Å². The molecule has 0 saturated carbocycles. The fourth-order valence-corrected chi connectivity index (χ4v) is 2.47. The van der Waals surface area contributed by atoms with E-state index in [-0.39, 0.29) is 12.5 Å². The van der Waals surface area contributed by atoms with Gasteiger partial charge in [0, 0.05) is 11.8 Å². The number of hydrogen-bond acceptors (Lipinski definition) is 5. The van der Waals surface area contributed by atoms with Crippen LogP contribution in [0.2, 0.25) is 0 Å². The van der Waals surface area contributed by atoms with Crippen molar-refractivity contribution >= 4 is 11.6 Å². The average Bonchev–Trinajstić information content (AvgIpc) is 3.21. The molecule has 0 atom stereocenters. The zero-order valence-electron chi connectivity index (χ0n) is 14.7. The van der Waals surface area contributed by atoms with E-state index in [0.29, 0.717) is 17.2 Å². The minimum atomic E-state index is -0.257. The summed E-state index contributed by atoms with van der Waals surface area (Å²) in [7, 11) is 1.58. The molecule has 1 amide bonds. The first-order valence-electron chi connectivity index (χ1n) is 8.24. The van der Waals surface area contributed by atoms with E-state index in [2.05, 4.69) is 22.4 Å². The Morgan fingerprint density at radius 1 is 1.15 bits per heavy atom. The molecule has 0 saturated heterocycles. The van der Waals surface area contributed by atoms with Gasteiger partial charge in [0.15, 0.2) is 6.61 Å². The normalized spacial score (nSPS) is 10.4. The number of ether oxygens (including phenoxy) is 2. The van der Waals surface area contributed by atoms with Gasteiger partial charge >= 0.3 is 0 Å². The van der Waals surface area contributed by atoms with Crippen LogP contribution in [0.5, 0.6) is 11.5 Å². The highest BCUT2D eigenvalue weighted by Gasteiger charge is 2.10. The summed E-state index contributed by atoms with van der Waals surface area (Å²) in [6, 6.07) is 13.0. The summed E-state index contributed by atoms with van der Waals surface area (Å²) in [5.74, 6) is 1.00. The van der Waals surface area contributed by atoms with E-state index in [0.717, 1.165) is 17.7 Å². The second kappa shape index (κ2) is 8.15. The van der Waals surface area contributed by atoms with Gasteiger partial charge in [0.2, 0.25) is 0 Å². The Bertz CT molecular complexity index is 878. The molecule has 0 radical (unpaired) electrons. The molecule has 3 aromatic rings. The Morgan fingerprint density at radius 3 is 2.69 bits per heavy atom. The van der Waals surface area contributed by atoms with Crippen molar-refractivity contribution < 1.29 is 14.3 Å². The SMILES string of the molecule is CCc1ccc(OCC(=O)Nc2cccc(OC)c2)c(-n2cnnc2)c1. The number of benzene rings is 2. The molecule has 0 spiro atoms. The molecule has 1 N–H and O–H groups in total. The highest BCUT2D eigenvalue weighted by atomic mass is 16.5. The summed E-state index contributed by atoms with van der Waals surface area (Å²) < 4.78 is 12.6. The Labute approximate surface area is 151 Å². The number of carbonyl (C=O) groups excluding carboxylic acids is 1. The molecule has 7 nitrogen and oxygen atoms in total. The van der Waals surface area contributed by atoms with Gasteiger partial charge in [-0.1, -0.05) is 19.1 Å². The van der Waals surface area contributed by atoms with E-state index in [1.807, 2.05) is 30.3 Å². The third kappa shape index (κ3) is 4.18. The fourth-order valence-electron chi connectivity index (χ4n) is 2.47. The molecule has 0 aliphatic heterocycles. The molecule has 134 valence electrons. The predicted octanol–water partition coefficient (Wildman–Crippen LogP) is 2.86. The van der Waals surface area contributed by atoms with E-state index in [1.165, 1.54) is 0 Å². The molecule has 2 aromatic carbocycles. The maximum absolute atomic E-state index is 12.2. The van der Waals surface area contributed by atoms with Gasteiger partial charge < -0.3 is 14.8 Å². The van der Waals surface area contributed by atoms with E-state index in [4.69, 9.17) is 9.47 Å². The summed E-state index contributed by atoms with van der Waals surface area (Å²) in [5.41, 5.74) is 2.60. The predicted molar refractivity (Wildman–Crippen MR) is 97.9 cm³/mol. The van der Waals surface area contributed by atoms with Gasteiger partial charge in [-0.3, -0.25) is 9.36 Å². The number of rotatable bonds is 7. The molecule has 0 unspecified atom stereocenters. The molecule has 7 heteroatoms. The highest BCUT2D eigenvalue weighted by Crippen LogP contribution is 2.24. The van der Waals surface area contributed by atoms with Crippen LogP contribution in [0.3, 0.4) is 0 Å². The lowest BCUT2D eigenvalue weighted by Gasteiger charge is -2.13. The van der Waals surface area contributed by atoms with Crippen LogP contribution in [0.4, 0.5) is 5.69 Å². The molecule has 1 heterocycles. The number of nitrogens with zero attached hydrogens (tertiary/aromatic N) is 3. The Kier molecular flexibility index (Phi) is 5.48. The lowest BCUT2D eigenvalue weighted by molar-refractivity contribution is -0.118. The van der Waals surface area contributed by atoms with Crippen LogP contribution in [-0.2, 0) is 11.2 Å². The zero-order valence-corrected chi connectivity index (χ0v) is 14.7. The molecular weight excluding hydrogens is 332 g/mol. The lowest BCUT2D eigenvalue weighted by atomic mass is 10.1. The number of nitrogens with one attached hydrogen (secondary N) is 1. The Hall–Kier alpha value is -3.35. The smallest absolute Gasteiger partial charge is 0.262 e. The Balaban J connectivity index is 1.70. The van der Waals surface area contributed by atoms with Crippen LogP contribution in [-0.4, -0.2) is 34.4 Å². The number of anilines is 1. The van der Waals surface area contributed by atoms with Gasteiger partial charge in [-0.2, -0.15) is 0 Å². The monoisotopic (exact) mass is 352 g/mol. The Morgan fingerprint density at radius 2 is 1.96 bits per heavy atom. The van der Waals surface area contributed by atoms with Crippen LogP contribution >= 0.6 is 0 Å². The van der Waals surface area contributed by atoms with Crippen LogP contribution < -0.4 is 14.8 Å². The second-order valence-corrected chi connectivity index (χ2v) is 5.59. The van der Waals surface area contributed by atoms with Gasteiger partial charge in [-0.25, -0.2) is 0 Å². The fraction of sp³-hybridized carbons (Fsp3) is 0.211. The van der Waals surface area contributed by atoms with Crippen molar-refractivity contribution in [3.63, 3.8) is 0 Å². The number of amides is 1. The van der Waals surface area contributed by atoms with Gasteiger partial charge in [-0.05, 0) is 36.2 Å². The molecule has 26 heavy (non-hydrogen) atoms. The molecular formula is C19H20N4O3. The van der Waals surface area contributed by atoms with E-state index >= 15 is 0 Å². The second-order valence-electron chi connectivity index (χ2n) is 5.59. The van der Waals surface area contributed by atoms with Gasteiger partial charge in [0.25, 0.3) is 5.91 Å². The highest BCUT2D eigenvalue weighted by molar-refractivity contribution is 5.92. The van der Waals surface area contributed by atoms with Crippen molar-refractivity contribution in [2.45, 2.75) is 13.3 Å². The number of aromatic nitrogens is 3. The van der Waals surface area contributed by atoms with Crippen LogP contribution in [0, 0.1) is 0 Å². The molecule has 3 rings (SSSR count). The number of carbonyl (C=O) groups is 1. The van der Waals surface area contributed by atoms with Gasteiger partial charge in [0.05, 0.1) is 12.8 Å². The number of hydrogen-bond donors (Lipinski definition) is 1. The molecule has 0 aliphatic rings. The van der Waals surface area contributed by atoms with Gasteiger partial charge in [-0.15, -0.1) is 10.2 Å². The van der Waals surface area contributed by atoms with E-state index < -0.39 is 0 Å². The quantitative estimate of drug-likeness (QED) is 0.707. The summed E-state index contributed by atoms with van der Waals surface area (Å²) >= 11 is 0. The molecule has 0 fully saturated rings. The van der Waals surface area contributed by atoms with Crippen molar-refractivity contribution in [3.8, 4) is 17.2 Å². The number of aryl methyl sites for hydroxylation is 1. The van der Waals surface area contributed by atoms with Crippen molar-refractivity contribution in [2.75, 3.05) is 19.0 Å². The first-order valence-corrected chi connectivity index (χ1v) is 8.24. The summed E-state index contributed by atoms with van der Waals surface area (Å²) in [6.07, 6.45) is 4.08. The number of methoxy groups -OCH3 is 1. The van der Waals surface area contributed by atoms with Crippen LogP contribution in [0.15, 0.2) is 55.1 Å². The average molecular weight is 352 g/mol. The lowest BCUT2D eigenvalue weighted by Crippen LogP contribution is -2.20. The summed E-state index contributed by atoms with van der Waals surface area (Å²) in [5, 5.41) is 10.4. The maximum atomic E-state index is 12.2. The third-order valence-electron chi connectivity index (χ3n) is 3.84. The molecule has 0 aliphatic carbocycles. The zero-order chi connectivity index (χ0) is 18.4. The minimum Gasteiger partial charge on any atom is -0.497 e. The first-order chi connectivity index (χ1) is 12.7. The van der Waals surface area contributed by atoms with Crippen molar-refractivity contribution in [1.82, 2.24) is 14.8 Å². The third-order valence-corrected chi connectivity index (χ3v) is 3.84.